The van der Waals surface area contributed by atoms with Gasteiger partial charge in [0.05, 0.1) is 12.3 Å². The van der Waals surface area contributed by atoms with Gasteiger partial charge in [0.2, 0.25) is 0 Å². The van der Waals surface area contributed by atoms with Crippen LogP contribution in [0.1, 0.15) is 5.56 Å². The summed E-state index contributed by atoms with van der Waals surface area (Å²) in [6, 6.07) is 7.47. The average Bonchev–Trinajstić information content (AvgIpc) is 2.36. The monoisotopic (exact) mass is 235 g/mol. The van der Waals surface area contributed by atoms with Gasteiger partial charge in [-0.2, -0.15) is 0 Å². The van der Waals surface area contributed by atoms with Crippen LogP contribution >= 0.6 is 0 Å². The summed E-state index contributed by atoms with van der Waals surface area (Å²) in [4.78, 5) is 10.9. The Balaban J connectivity index is 2.87. The average molecular weight is 235 g/mol. The Bertz CT molecular complexity index is 416. The van der Waals surface area contributed by atoms with E-state index >= 15 is 0 Å². The van der Waals surface area contributed by atoms with Crippen LogP contribution in [0.3, 0.4) is 0 Å². The van der Waals surface area contributed by atoms with Crippen molar-refractivity contribution in [2.24, 2.45) is 11.5 Å². The maximum atomic E-state index is 10.9. The highest BCUT2D eigenvalue weighted by molar-refractivity contribution is 5.80. The van der Waals surface area contributed by atoms with Crippen LogP contribution in [0, 0.1) is 0 Å². The van der Waals surface area contributed by atoms with Crippen LogP contribution in [0.15, 0.2) is 35.7 Å². The second-order valence-corrected chi connectivity index (χ2v) is 3.52. The van der Waals surface area contributed by atoms with Gasteiger partial charge >= 0.3 is 0 Å². The van der Waals surface area contributed by atoms with Gasteiger partial charge in [0.15, 0.2) is 6.29 Å². The van der Waals surface area contributed by atoms with Crippen molar-refractivity contribution in [1.29, 1.82) is 0 Å². The minimum Gasteiger partial charge on any atom is -0.398 e. The van der Waals surface area contributed by atoms with Gasteiger partial charge in [0, 0.05) is 19.3 Å². The summed E-state index contributed by atoms with van der Waals surface area (Å²) in [6.07, 6.45) is 0.670. The van der Waals surface area contributed by atoms with E-state index in [0.29, 0.717) is 24.2 Å². The predicted octanol–water partition coefficient (Wildman–Crippen LogP) is 0.573. The molecule has 0 radical (unpaired) electrons. The number of allylic oxidation sites excluding steroid dienone is 1. The van der Waals surface area contributed by atoms with Crippen LogP contribution in [0.2, 0.25) is 0 Å². The van der Waals surface area contributed by atoms with Crippen molar-refractivity contribution in [1.82, 2.24) is 0 Å². The van der Waals surface area contributed by atoms with Crippen molar-refractivity contribution in [2.45, 2.75) is 6.54 Å². The molecule has 0 bridgehead atoms. The van der Waals surface area contributed by atoms with Crippen molar-refractivity contribution in [3.05, 3.63) is 41.2 Å². The third-order valence-corrected chi connectivity index (χ3v) is 2.21. The van der Waals surface area contributed by atoms with E-state index in [1.165, 1.54) is 7.11 Å². The number of carbonyl (C=O) groups is 1. The molecule has 0 amide bonds. The first-order chi connectivity index (χ1) is 8.21. The number of hydrogen-bond donors (Lipinski definition) is 3. The van der Waals surface area contributed by atoms with E-state index in [1.54, 1.807) is 0 Å². The third kappa shape index (κ3) is 3.90. The first kappa shape index (κ1) is 13.2. The molecule has 0 atom stereocenters. The lowest BCUT2D eigenvalue weighted by Crippen LogP contribution is -2.15. The van der Waals surface area contributed by atoms with Crippen molar-refractivity contribution in [3.8, 4) is 0 Å². The smallest absolute Gasteiger partial charge is 0.168 e. The molecule has 0 unspecified atom stereocenters. The molecule has 0 heterocycles. The first-order valence-electron chi connectivity index (χ1n) is 5.20. The molecule has 5 heteroatoms. The zero-order valence-corrected chi connectivity index (χ0v) is 9.77. The molecule has 0 spiro atoms. The van der Waals surface area contributed by atoms with Gasteiger partial charge < -0.3 is 21.5 Å². The number of nitrogens with one attached hydrogen (secondary N) is 1. The zero-order valence-electron chi connectivity index (χ0n) is 9.77. The predicted molar refractivity (Wildman–Crippen MR) is 67.1 cm³/mol. The van der Waals surface area contributed by atoms with E-state index in [4.69, 9.17) is 16.2 Å². The Hall–Kier alpha value is -1.85. The van der Waals surface area contributed by atoms with Gasteiger partial charge in [-0.3, -0.25) is 4.79 Å². The van der Waals surface area contributed by atoms with Gasteiger partial charge in [0.25, 0.3) is 0 Å². The molecular weight excluding hydrogens is 218 g/mol. The van der Waals surface area contributed by atoms with E-state index in [0.717, 1.165) is 11.3 Å². The van der Waals surface area contributed by atoms with E-state index in [1.807, 2.05) is 24.3 Å². The molecule has 0 aliphatic rings. The molecule has 5 N–H and O–H groups in total. The summed E-state index contributed by atoms with van der Waals surface area (Å²) >= 11 is 0. The van der Waals surface area contributed by atoms with Gasteiger partial charge in [-0.15, -0.1) is 0 Å². The minimum absolute atomic E-state index is 0.206. The molecule has 1 aromatic rings. The number of hydrogen-bond acceptors (Lipinski definition) is 5. The highest BCUT2D eigenvalue weighted by Gasteiger charge is 2.03. The molecule has 5 nitrogen and oxygen atoms in total. The summed E-state index contributed by atoms with van der Waals surface area (Å²) in [7, 11) is 1.52. The number of rotatable bonds is 6. The van der Waals surface area contributed by atoms with Crippen LogP contribution in [-0.2, 0) is 16.1 Å². The zero-order chi connectivity index (χ0) is 12.7. The fourth-order valence-electron chi connectivity index (χ4n) is 1.35. The molecule has 1 aromatic carbocycles. The van der Waals surface area contributed by atoms with Crippen molar-refractivity contribution in [3.63, 3.8) is 0 Å². The number of aldehydes is 1. The lowest BCUT2D eigenvalue weighted by atomic mass is 10.2. The highest BCUT2D eigenvalue weighted by atomic mass is 16.5. The molecule has 0 aromatic heterocycles. The SMILES string of the molecule is COC/C(N)=C(\C=O)Nc1cccc(CN)c1. The summed E-state index contributed by atoms with van der Waals surface area (Å²) in [5.74, 6) is 0. The summed E-state index contributed by atoms with van der Waals surface area (Å²) in [5, 5.41) is 2.94. The van der Waals surface area contributed by atoms with Crippen molar-refractivity contribution < 1.29 is 9.53 Å². The standard InChI is InChI=1S/C12H17N3O2/c1-17-8-11(14)12(7-16)15-10-4-2-3-9(5-10)6-13/h2-5,7,15H,6,8,13-14H2,1H3/b12-11-. The Kier molecular flexibility index (Phi) is 5.19. The first-order valence-corrected chi connectivity index (χ1v) is 5.20. The molecule has 17 heavy (non-hydrogen) atoms. The Labute approximate surface area is 100 Å². The Morgan fingerprint density at radius 3 is 2.88 bits per heavy atom. The molecule has 1 rings (SSSR count). The molecule has 0 saturated carbocycles. The maximum absolute atomic E-state index is 10.9. The maximum Gasteiger partial charge on any atom is 0.168 e. The second-order valence-electron chi connectivity index (χ2n) is 3.52. The molecule has 92 valence electrons. The summed E-state index contributed by atoms with van der Waals surface area (Å²) < 4.78 is 4.87. The fourth-order valence-corrected chi connectivity index (χ4v) is 1.35. The molecule has 0 aliphatic carbocycles. The summed E-state index contributed by atoms with van der Waals surface area (Å²) in [6.45, 7) is 0.654. The van der Waals surface area contributed by atoms with Crippen LogP contribution in [-0.4, -0.2) is 20.0 Å². The largest absolute Gasteiger partial charge is 0.398 e. The highest BCUT2D eigenvalue weighted by Crippen LogP contribution is 2.12. The van der Waals surface area contributed by atoms with Gasteiger partial charge in [-0.1, -0.05) is 12.1 Å². The molecular formula is C12H17N3O2. The van der Waals surface area contributed by atoms with Gasteiger partial charge in [0.1, 0.15) is 5.70 Å². The number of benzene rings is 1. The number of methoxy groups -OCH3 is 1. The minimum atomic E-state index is 0.206. The summed E-state index contributed by atoms with van der Waals surface area (Å²) in [5.41, 5.74) is 13.6. The number of anilines is 1. The number of carbonyl (C=O) groups excluding carboxylic acids is 1. The van der Waals surface area contributed by atoms with Crippen molar-refractivity contribution in [2.75, 3.05) is 19.0 Å². The fraction of sp³-hybridized carbons (Fsp3) is 0.250. The van der Waals surface area contributed by atoms with Crippen LogP contribution in [0.5, 0.6) is 0 Å². The van der Waals surface area contributed by atoms with Crippen molar-refractivity contribution >= 4 is 12.0 Å². The van der Waals surface area contributed by atoms with E-state index < -0.39 is 0 Å². The Morgan fingerprint density at radius 1 is 1.53 bits per heavy atom. The van der Waals surface area contributed by atoms with Crippen LogP contribution < -0.4 is 16.8 Å². The van der Waals surface area contributed by atoms with Gasteiger partial charge in [-0.25, -0.2) is 0 Å². The normalized spacial score (nSPS) is 11.9. The van der Waals surface area contributed by atoms with E-state index in [-0.39, 0.29) is 6.61 Å². The lowest BCUT2D eigenvalue weighted by Gasteiger charge is -2.10. The quantitative estimate of drug-likeness (QED) is 0.495. The Morgan fingerprint density at radius 2 is 2.29 bits per heavy atom. The third-order valence-electron chi connectivity index (χ3n) is 2.21. The van der Waals surface area contributed by atoms with Gasteiger partial charge in [-0.05, 0) is 17.7 Å². The van der Waals surface area contributed by atoms with E-state index in [2.05, 4.69) is 5.32 Å². The number of ether oxygens (including phenoxy) is 1. The van der Waals surface area contributed by atoms with Crippen LogP contribution in [0.25, 0.3) is 0 Å². The number of nitrogens with two attached hydrogens (primary N) is 2. The molecule has 0 aliphatic heterocycles. The lowest BCUT2D eigenvalue weighted by molar-refractivity contribution is -0.104. The molecule has 0 saturated heterocycles. The van der Waals surface area contributed by atoms with Crippen LogP contribution in [0.4, 0.5) is 5.69 Å². The molecule has 0 fully saturated rings. The topological polar surface area (TPSA) is 90.4 Å². The second kappa shape index (κ2) is 6.67. The van der Waals surface area contributed by atoms with E-state index in [9.17, 15) is 4.79 Å².